The van der Waals surface area contributed by atoms with E-state index in [9.17, 15) is 10.1 Å². The van der Waals surface area contributed by atoms with Gasteiger partial charge in [0.25, 0.3) is 5.91 Å². The van der Waals surface area contributed by atoms with Crippen LogP contribution in [-0.2, 0) is 4.79 Å². The number of ether oxygens (including phenoxy) is 1. The van der Waals surface area contributed by atoms with Gasteiger partial charge in [0, 0.05) is 25.0 Å². The quantitative estimate of drug-likeness (QED) is 0.662. The Morgan fingerprint density at radius 3 is 2.54 bits per heavy atom. The van der Waals surface area contributed by atoms with Crippen LogP contribution in [0.15, 0.2) is 36.0 Å². The molecule has 1 fully saturated rings. The van der Waals surface area contributed by atoms with Gasteiger partial charge in [-0.3, -0.25) is 4.79 Å². The van der Waals surface area contributed by atoms with Crippen molar-refractivity contribution in [3.05, 3.63) is 36.0 Å². The fourth-order valence-corrected chi connectivity index (χ4v) is 2.72. The Kier molecular flexibility index (Phi) is 6.21. The van der Waals surface area contributed by atoms with E-state index in [1.807, 2.05) is 30.3 Å². The average molecular weight is 328 g/mol. The number of rotatable bonds is 5. The summed E-state index contributed by atoms with van der Waals surface area (Å²) >= 11 is 0. The summed E-state index contributed by atoms with van der Waals surface area (Å²) in [4.78, 5) is 16.5. The number of nitrogens with one attached hydrogen (secondary N) is 1. The van der Waals surface area contributed by atoms with Crippen molar-refractivity contribution in [2.45, 2.75) is 18.9 Å². The Bertz CT molecular complexity index is 625. The van der Waals surface area contributed by atoms with Gasteiger partial charge in [-0.05, 0) is 57.2 Å². The maximum Gasteiger partial charge on any atom is 0.266 e. The van der Waals surface area contributed by atoms with Crippen LogP contribution in [0.2, 0.25) is 0 Å². The van der Waals surface area contributed by atoms with Gasteiger partial charge in [0.05, 0.1) is 7.11 Å². The van der Waals surface area contributed by atoms with Crippen LogP contribution in [0.25, 0.3) is 0 Å². The molecule has 1 aromatic carbocycles. The number of likely N-dealkylation sites (N-methyl/N-ethyl adjacent to an activating group) is 1. The van der Waals surface area contributed by atoms with Crippen molar-refractivity contribution in [3.8, 4) is 11.8 Å². The van der Waals surface area contributed by atoms with E-state index in [0.717, 1.165) is 37.4 Å². The van der Waals surface area contributed by atoms with Crippen molar-refractivity contribution >= 4 is 11.6 Å². The van der Waals surface area contributed by atoms with Gasteiger partial charge in [-0.15, -0.1) is 0 Å². The number of hydrogen-bond acceptors (Lipinski definition) is 5. The summed E-state index contributed by atoms with van der Waals surface area (Å²) in [6, 6.07) is 9.47. The van der Waals surface area contributed by atoms with E-state index in [4.69, 9.17) is 4.74 Å². The molecule has 2 rings (SSSR count). The average Bonchev–Trinajstić information content (AvgIpc) is 2.62. The fraction of sp³-hybridized carbons (Fsp3) is 0.444. The second-order valence-electron chi connectivity index (χ2n) is 5.99. The number of nitrogens with zero attached hydrogens (tertiary/aromatic N) is 3. The van der Waals surface area contributed by atoms with E-state index in [2.05, 4.69) is 17.3 Å². The van der Waals surface area contributed by atoms with Crippen molar-refractivity contribution in [1.82, 2.24) is 9.80 Å². The molecule has 0 saturated carbocycles. The van der Waals surface area contributed by atoms with Crippen molar-refractivity contribution in [2.75, 3.05) is 39.6 Å². The molecule has 6 heteroatoms. The Morgan fingerprint density at radius 1 is 1.38 bits per heavy atom. The molecule has 0 spiro atoms. The SMILES string of the molecule is COc1ccc(N/C=C(/C#N)C(=O)N(C)C2CCN(C)CC2)cc1. The van der Waals surface area contributed by atoms with Crippen LogP contribution in [0, 0.1) is 11.3 Å². The van der Waals surface area contributed by atoms with Crippen LogP contribution in [-0.4, -0.2) is 56.0 Å². The largest absolute Gasteiger partial charge is 0.497 e. The molecule has 0 bridgehead atoms. The number of likely N-dealkylation sites (tertiary alicyclic amines) is 1. The van der Waals surface area contributed by atoms with Crippen LogP contribution in [0.3, 0.4) is 0 Å². The maximum absolute atomic E-state index is 12.5. The topological polar surface area (TPSA) is 68.6 Å². The molecule has 1 heterocycles. The summed E-state index contributed by atoms with van der Waals surface area (Å²) in [6.07, 6.45) is 3.34. The van der Waals surface area contributed by atoms with Crippen LogP contribution in [0.1, 0.15) is 12.8 Å². The number of nitriles is 1. The number of amides is 1. The minimum absolute atomic E-state index is 0.104. The molecule has 6 nitrogen and oxygen atoms in total. The van der Waals surface area contributed by atoms with Gasteiger partial charge in [0.1, 0.15) is 17.4 Å². The zero-order valence-electron chi connectivity index (χ0n) is 14.5. The number of piperidine rings is 1. The summed E-state index contributed by atoms with van der Waals surface area (Å²) in [6.45, 7) is 1.94. The fourth-order valence-electron chi connectivity index (χ4n) is 2.72. The maximum atomic E-state index is 12.5. The minimum Gasteiger partial charge on any atom is -0.497 e. The van der Waals surface area contributed by atoms with Crippen LogP contribution < -0.4 is 10.1 Å². The lowest BCUT2D eigenvalue weighted by Crippen LogP contribution is -2.44. The van der Waals surface area contributed by atoms with Crippen LogP contribution in [0.4, 0.5) is 5.69 Å². The standard InChI is InChI=1S/C18H24N4O2/c1-21-10-8-16(9-11-21)22(2)18(23)14(12-19)13-20-15-4-6-17(24-3)7-5-15/h4-7,13,16,20H,8-11H2,1-3H3/b14-13-. The highest BCUT2D eigenvalue weighted by Crippen LogP contribution is 2.17. The molecule has 0 aliphatic carbocycles. The Labute approximate surface area is 143 Å². The van der Waals surface area contributed by atoms with E-state index >= 15 is 0 Å². The third-order valence-corrected chi connectivity index (χ3v) is 4.38. The van der Waals surface area contributed by atoms with Gasteiger partial charge in [0.2, 0.25) is 0 Å². The number of anilines is 1. The Balaban J connectivity index is 2.00. The Hall–Kier alpha value is -2.52. The molecule has 1 aliphatic rings. The van der Waals surface area contributed by atoms with Crippen molar-refractivity contribution in [1.29, 1.82) is 5.26 Å². The molecule has 1 amide bonds. The highest BCUT2D eigenvalue weighted by Gasteiger charge is 2.25. The predicted octanol–water partition coefficient (Wildman–Crippen LogP) is 2.07. The normalized spacial score (nSPS) is 16.3. The van der Waals surface area contributed by atoms with Gasteiger partial charge in [-0.2, -0.15) is 5.26 Å². The lowest BCUT2D eigenvalue weighted by Gasteiger charge is -2.34. The van der Waals surface area contributed by atoms with Gasteiger partial charge in [-0.25, -0.2) is 0 Å². The second-order valence-corrected chi connectivity index (χ2v) is 5.99. The number of hydrogen-bond donors (Lipinski definition) is 1. The van der Waals surface area contributed by atoms with Crippen molar-refractivity contribution < 1.29 is 9.53 Å². The molecular formula is C18H24N4O2. The van der Waals surface area contributed by atoms with E-state index in [0.29, 0.717) is 0 Å². The molecule has 0 aromatic heterocycles. The summed E-state index contributed by atoms with van der Waals surface area (Å²) in [5, 5.41) is 12.3. The number of benzene rings is 1. The summed E-state index contributed by atoms with van der Waals surface area (Å²) in [7, 11) is 5.46. The molecule has 0 radical (unpaired) electrons. The van der Waals surface area contributed by atoms with Crippen molar-refractivity contribution in [2.24, 2.45) is 0 Å². The van der Waals surface area contributed by atoms with Crippen molar-refractivity contribution in [3.63, 3.8) is 0 Å². The second kappa shape index (κ2) is 8.37. The first-order valence-corrected chi connectivity index (χ1v) is 8.01. The molecule has 24 heavy (non-hydrogen) atoms. The van der Waals surface area contributed by atoms with E-state index in [1.165, 1.54) is 6.20 Å². The van der Waals surface area contributed by atoms with E-state index < -0.39 is 0 Å². The minimum atomic E-state index is -0.243. The van der Waals surface area contributed by atoms with Gasteiger partial charge < -0.3 is 19.9 Å². The zero-order chi connectivity index (χ0) is 17.5. The summed E-state index contributed by atoms with van der Waals surface area (Å²) in [5.74, 6) is 0.510. The third-order valence-electron chi connectivity index (χ3n) is 4.38. The van der Waals surface area contributed by atoms with E-state index in [-0.39, 0.29) is 17.5 Å². The Morgan fingerprint density at radius 2 is 2.00 bits per heavy atom. The molecular weight excluding hydrogens is 304 g/mol. The molecule has 1 aliphatic heterocycles. The van der Waals surface area contributed by atoms with Crippen LogP contribution in [0.5, 0.6) is 5.75 Å². The van der Waals surface area contributed by atoms with Crippen LogP contribution >= 0.6 is 0 Å². The number of carbonyl (C=O) groups excluding carboxylic acids is 1. The lowest BCUT2D eigenvalue weighted by atomic mass is 10.0. The molecule has 1 saturated heterocycles. The number of carbonyl (C=O) groups is 1. The lowest BCUT2D eigenvalue weighted by molar-refractivity contribution is -0.128. The third kappa shape index (κ3) is 4.49. The van der Waals surface area contributed by atoms with Gasteiger partial charge in [0.15, 0.2) is 0 Å². The summed E-state index contributed by atoms with van der Waals surface area (Å²) in [5.41, 5.74) is 0.894. The smallest absolute Gasteiger partial charge is 0.266 e. The molecule has 1 aromatic rings. The number of methoxy groups -OCH3 is 1. The first-order valence-electron chi connectivity index (χ1n) is 8.01. The predicted molar refractivity (Wildman–Crippen MR) is 93.6 cm³/mol. The molecule has 0 atom stereocenters. The van der Waals surface area contributed by atoms with Gasteiger partial charge >= 0.3 is 0 Å². The first kappa shape index (κ1) is 17.8. The van der Waals surface area contributed by atoms with Gasteiger partial charge in [-0.1, -0.05) is 0 Å². The molecule has 1 N–H and O–H groups in total. The highest BCUT2D eigenvalue weighted by atomic mass is 16.5. The highest BCUT2D eigenvalue weighted by molar-refractivity contribution is 5.97. The zero-order valence-corrected chi connectivity index (χ0v) is 14.5. The first-order chi connectivity index (χ1) is 11.5. The van der Waals surface area contributed by atoms with E-state index in [1.54, 1.807) is 19.1 Å². The molecule has 128 valence electrons. The summed E-state index contributed by atoms with van der Waals surface area (Å²) < 4.78 is 5.10. The monoisotopic (exact) mass is 328 g/mol. The molecule has 0 unspecified atom stereocenters.